The maximum absolute atomic E-state index is 11.0. The van der Waals surface area contributed by atoms with Gasteiger partial charge in [0.1, 0.15) is 0 Å². The summed E-state index contributed by atoms with van der Waals surface area (Å²) in [6.07, 6.45) is 3.20. The number of nitrogens with zero attached hydrogens (tertiary/aromatic N) is 1. The quantitative estimate of drug-likeness (QED) is 0.713. The van der Waals surface area contributed by atoms with E-state index in [1.54, 1.807) is 19.2 Å². The monoisotopic (exact) mass is 220 g/mol. The molecule has 0 fully saturated rings. The van der Waals surface area contributed by atoms with Crippen LogP contribution in [0.15, 0.2) is 12.1 Å². The lowest BCUT2D eigenvalue weighted by Crippen LogP contribution is -2.26. The largest absolute Gasteiger partial charge is 0.465 e. The molecule has 0 unspecified atom stereocenters. The second-order valence-corrected chi connectivity index (χ2v) is 4.18. The predicted molar refractivity (Wildman–Crippen MR) is 63.9 cm³/mol. The Kier molecular flexibility index (Phi) is 2.73. The van der Waals surface area contributed by atoms with Gasteiger partial charge in [-0.15, -0.1) is 0 Å². The summed E-state index contributed by atoms with van der Waals surface area (Å²) in [5.74, 6) is 0. The van der Waals surface area contributed by atoms with Crippen molar-refractivity contribution < 1.29 is 9.90 Å². The van der Waals surface area contributed by atoms with E-state index in [0.717, 1.165) is 48.2 Å². The number of carbonyl (C=O) groups is 1. The molecule has 1 amide bonds. The molecule has 1 aromatic rings. The minimum absolute atomic E-state index is 0.774. The zero-order valence-electron chi connectivity index (χ0n) is 9.36. The minimum Gasteiger partial charge on any atom is -0.465 e. The summed E-state index contributed by atoms with van der Waals surface area (Å²) in [5, 5.41) is 9.00. The Labute approximate surface area is 94.7 Å². The highest BCUT2D eigenvalue weighted by atomic mass is 16.4. The Hall–Kier alpha value is -1.71. The van der Waals surface area contributed by atoms with Gasteiger partial charge in [-0.05, 0) is 48.9 Å². The van der Waals surface area contributed by atoms with Gasteiger partial charge in [0, 0.05) is 12.7 Å². The molecule has 0 saturated carbocycles. The van der Waals surface area contributed by atoms with Crippen LogP contribution < -0.4 is 10.6 Å². The maximum Gasteiger partial charge on any atom is 0.411 e. The van der Waals surface area contributed by atoms with Gasteiger partial charge < -0.3 is 10.8 Å². The van der Waals surface area contributed by atoms with Gasteiger partial charge >= 0.3 is 6.09 Å². The number of benzene rings is 1. The zero-order valence-corrected chi connectivity index (χ0v) is 9.36. The third-order valence-corrected chi connectivity index (χ3v) is 3.19. The van der Waals surface area contributed by atoms with Crippen LogP contribution in [0.5, 0.6) is 0 Å². The van der Waals surface area contributed by atoms with Gasteiger partial charge in [0.2, 0.25) is 0 Å². The van der Waals surface area contributed by atoms with Crippen molar-refractivity contribution in [2.75, 3.05) is 17.7 Å². The molecule has 0 atom stereocenters. The first kappa shape index (κ1) is 10.8. The third-order valence-electron chi connectivity index (χ3n) is 3.19. The van der Waals surface area contributed by atoms with E-state index in [-0.39, 0.29) is 0 Å². The van der Waals surface area contributed by atoms with Crippen molar-refractivity contribution in [2.45, 2.75) is 25.7 Å². The average Bonchev–Trinajstić information content (AvgIpc) is 2.29. The Morgan fingerprint density at radius 3 is 2.56 bits per heavy atom. The highest BCUT2D eigenvalue weighted by Gasteiger charge is 2.20. The van der Waals surface area contributed by atoms with Crippen LogP contribution in [0.2, 0.25) is 0 Å². The molecule has 0 aromatic heterocycles. The third kappa shape index (κ3) is 1.71. The molecule has 16 heavy (non-hydrogen) atoms. The van der Waals surface area contributed by atoms with E-state index >= 15 is 0 Å². The van der Waals surface area contributed by atoms with Crippen LogP contribution in [0, 0.1) is 0 Å². The summed E-state index contributed by atoms with van der Waals surface area (Å²) in [7, 11) is 1.57. The molecule has 0 heterocycles. The van der Waals surface area contributed by atoms with Crippen LogP contribution >= 0.6 is 0 Å². The molecule has 1 aromatic carbocycles. The van der Waals surface area contributed by atoms with Crippen LogP contribution in [0.4, 0.5) is 16.2 Å². The molecule has 4 heteroatoms. The number of carboxylic acid groups (broad SMARTS) is 1. The maximum atomic E-state index is 11.0. The fraction of sp³-hybridized carbons (Fsp3) is 0.417. The number of nitrogens with two attached hydrogens (primary N) is 1. The van der Waals surface area contributed by atoms with Gasteiger partial charge in [-0.3, -0.25) is 4.90 Å². The van der Waals surface area contributed by atoms with Crippen molar-refractivity contribution in [1.82, 2.24) is 0 Å². The molecular formula is C12H16N2O2. The number of hydrogen-bond donors (Lipinski definition) is 2. The Morgan fingerprint density at radius 2 is 1.94 bits per heavy atom. The first-order chi connectivity index (χ1) is 7.61. The van der Waals surface area contributed by atoms with E-state index in [0.29, 0.717) is 0 Å². The van der Waals surface area contributed by atoms with Crippen molar-refractivity contribution >= 4 is 17.5 Å². The van der Waals surface area contributed by atoms with Crippen LogP contribution in [-0.2, 0) is 12.8 Å². The van der Waals surface area contributed by atoms with Crippen LogP contribution in [-0.4, -0.2) is 18.2 Å². The van der Waals surface area contributed by atoms with Gasteiger partial charge in [0.05, 0.1) is 5.69 Å². The summed E-state index contributed by atoms with van der Waals surface area (Å²) in [6.45, 7) is 0. The Balaban J connectivity index is 2.50. The van der Waals surface area contributed by atoms with Crippen molar-refractivity contribution in [2.24, 2.45) is 0 Å². The van der Waals surface area contributed by atoms with Crippen LogP contribution in [0.3, 0.4) is 0 Å². The van der Waals surface area contributed by atoms with E-state index < -0.39 is 6.09 Å². The Morgan fingerprint density at radius 1 is 1.31 bits per heavy atom. The summed E-state index contributed by atoms with van der Waals surface area (Å²) >= 11 is 0. The molecule has 1 aliphatic rings. The molecule has 0 saturated heterocycles. The van der Waals surface area contributed by atoms with Crippen LogP contribution in [0.25, 0.3) is 0 Å². The standard InChI is InChI=1S/C12H16N2O2/c1-14(12(15)16)11-7-6-10(13)8-4-2-3-5-9(8)11/h6-7H,2-5,13H2,1H3,(H,15,16). The number of anilines is 2. The summed E-state index contributed by atoms with van der Waals surface area (Å²) < 4.78 is 0. The van der Waals surface area contributed by atoms with E-state index in [9.17, 15) is 4.79 Å². The van der Waals surface area contributed by atoms with Gasteiger partial charge in [-0.25, -0.2) is 4.79 Å². The summed E-state index contributed by atoms with van der Waals surface area (Å²) in [5.41, 5.74) is 9.73. The highest BCUT2D eigenvalue weighted by Crippen LogP contribution is 2.33. The number of fused-ring (bicyclic) bond motifs is 1. The lowest BCUT2D eigenvalue weighted by atomic mass is 9.89. The normalized spacial score (nSPS) is 14.3. The van der Waals surface area contributed by atoms with E-state index in [2.05, 4.69) is 0 Å². The fourth-order valence-corrected chi connectivity index (χ4v) is 2.29. The molecule has 0 radical (unpaired) electrons. The van der Waals surface area contributed by atoms with E-state index in [4.69, 9.17) is 10.8 Å². The topological polar surface area (TPSA) is 66.6 Å². The van der Waals surface area contributed by atoms with Gasteiger partial charge in [-0.2, -0.15) is 0 Å². The zero-order chi connectivity index (χ0) is 11.7. The van der Waals surface area contributed by atoms with E-state index in [1.807, 2.05) is 0 Å². The second-order valence-electron chi connectivity index (χ2n) is 4.18. The number of amides is 1. The van der Waals surface area contributed by atoms with Crippen molar-refractivity contribution in [1.29, 1.82) is 0 Å². The number of rotatable bonds is 1. The van der Waals surface area contributed by atoms with Crippen molar-refractivity contribution in [3.05, 3.63) is 23.3 Å². The Bertz CT molecular complexity index is 429. The van der Waals surface area contributed by atoms with Gasteiger partial charge in [0.25, 0.3) is 0 Å². The van der Waals surface area contributed by atoms with Crippen molar-refractivity contribution in [3.63, 3.8) is 0 Å². The molecule has 4 nitrogen and oxygen atoms in total. The number of nitrogen functional groups attached to an aromatic ring is 1. The molecule has 86 valence electrons. The summed E-state index contributed by atoms with van der Waals surface area (Å²) in [6, 6.07) is 3.60. The molecule has 1 aliphatic carbocycles. The lowest BCUT2D eigenvalue weighted by molar-refractivity contribution is 0.203. The lowest BCUT2D eigenvalue weighted by Gasteiger charge is -2.24. The molecule has 0 spiro atoms. The predicted octanol–water partition coefficient (Wildman–Crippen LogP) is 2.26. The van der Waals surface area contributed by atoms with E-state index in [1.165, 1.54) is 4.90 Å². The SMILES string of the molecule is CN(C(=O)O)c1ccc(N)c2c1CCCC2. The average molecular weight is 220 g/mol. The summed E-state index contributed by atoms with van der Waals surface area (Å²) in [4.78, 5) is 12.2. The molecule has 3 N–H and O–H groups in total. The first-order valence-electron chi connectivity index (χ1n) is 5.48. The minimum atomic E-state index is -0.933. The smallest absolute Gasteiger partial charge is 0.411 e. The number of hydrogen-bond acceptors (Lipinski definition) is 2. The molecule has 0 bridgehead atoms. The fourth-order valence-electron chi connectivity index (χ4n) is 2.29. The first-order valence-corrected chi connectivity index (χ1v) is 5.48. The van der Waals surface area contributed by atoms with Crippen LogP contribution in [0.1, 0.15) is 24.0 Å². The van der Waals surface area contributed by atoms with Gasteiger partial charge in [0.15, 0.2) is 0 Å². The molecular weight excluding hydrogens is 204 g/mol. The van der Waals surface area contributed by atoms with Crippen molar-refractivity contribution in [3.8, 4) is 0 Å². The molecule has 0 aliphatic heterocycles. The van der Waals surface area contributed by atoms with Gasteiger partial charge in [-0.1, -0.05) is 0 Å². The molecule has 2 rings (SSSR count). The second kappa shape index (κ2) is 4.04. The highest BCUT2D eigenvalue weighted by molar-refractivity contribution is 5.87.